The Bertz CT molecular complexity index is 683. The second-order valence-corrected chi connectivity index (χ2v) is 6.19. The Morgan fingerprint density at radius 2 is 1.95 bits per heavy atom. The summed E-state index contributed by atoms with van der Waals surface area (Å²) >= 11 is 0. The summed E-state index contributed by atoms with van der Waals surface area (Å²) < 4.78 is 1.97. The molecule has 0 aromatic carbocycles. The van der Waals surface area contributed by atoms with Crippen molar-refractivity contribution in [1.29, 1.82) is 0 Å². The zero-order valence-electron chi connectivity index (χ0n) is 13.7. The molecule has 118 valence electrons. The maximum Gasteiger partial charge on any atom is 0.272 e. The van der Waals surface area contributed by atoms with Crippen LogP contribution in [0.2, 0.25) is 0 Å². The summed E-state index contributed by atoms with van der Waals surface area (Å²) in [7, 11) is 2.10. The highest BCUT2D eigenvalue weighted by Crippen LogP contribution is 2.18. The SMILES string of the molecule is CCCc1nc2ccc(C)cn2c1C(=O)N1CCN(C)CC1. The quantitative estimate of drug-likeness (QED) is 0.870. The molecule has 1 fully saturated rings. The number of pyridine rings is 1. The van der Waals surface area contributed by atoms with Crippen molar-refractivity contribution in [1.82, 2.24) is 19.2 Å². The number of likely N-dealkylation sites (N-methyl/N-ethyl adjacent to an activating group) is 1. The van der Waals surface area contributed by atoms with Gasteiger partial charge in [0.1, 0.15) is 11.3 Å². The molecule has 0 bridgehead atoms. The van der Waals surface area contributed by atoms with Crippen molar-refractivity contribution in [2.75, 3.05) is 33.2 Å². The first-order valence-corrected chi connectivity index (χ1v) is 8.05. The molecule has 1 amide bonds. The topological polar surface area (TPSA) is 40.9 Å². The molecule has 0 radical (unpaired) electrons. The molecule has 0 saturated carbocycles. The summed E-state index contributed by atoms with van der Waals surface area (Å²) in [4.78, 5) is 21.9. The van der Waals surface area contributed by atoms with E-state index in [-0.39, 0.29) is 5.91 Å². The highest BCUT2D eigenvalue weighted by Gasteiger charge is 2.26. The number of aromatic nitrogens is 2. The van der Waals surface area contributed by atoms with Crippen molar-refractivity contribution in [2.45, 2.75) is 26.7 Å². The number of carbonyl (C=O) groups excluding carboxylic acids is 1. The van der Waals surface area contributed by atoms with Gasteiger partial charge in [-0.1, -0.05) is 19.4 Å². The first-order valence-electron chi connectivity index (χ1n) is 8.05. The molecule has 3 heterocycles. The second-order valence-electron chi connectivity index (χ2n) is 6.19. The second kappa shape index (κ2) is 6.08. The lowest BCUT2D eigenvalue weighted by atomic mass is 10.2. The zero-order chi connectivity index (χ0) is 15.7. The van der Waals surface area contributed by atoms with E-state index < -0.39 is 0 Å². The molecule has 0 aliphatic carbocycles. The molecule has 2 aromatic heterocycles. The van der Waals surface area contributed by atoms with Crippen LogP contribution >= 0.6 is 0 Å². The van der Waals surface area contributed by atoms with Crippen molar-refractivity contribution in [3.8, 4) is 0 Å². The molecule has 1 saturated heterocycles. The van der Waals surface area contributed by atoms with Gasteiger partial charge in [0, 0.05) is 32.4 Å². The van der Waals surface area contributed by atoms with Gasteiger partial charge in [-0.05, 0) is 32.0 Å². The number of amides is 1. The maximum atomic E-state index is 13.0. The van der Waals surface area contributed by atoms with E-state index in [1.807, 2.05) is 34.6 Å². The number of fused-ring (bicyclic) bond motifs is 1. The van der Waals surface area contributed by atoms with E-state index >= 15 is 0 Å². The summed E-state index contributed by atoms with van der Waals surface area (Å²) in [5, 5.41) is 0. The largest absolute Gasteiger partial charge is 0.335 e. The van der Waals surface area contributed by atoms with Crippen LogP contribution in [0.1, 0.15) is 35.1 Å². The number of piperazine rings is 1. The van der Waals surface area contributed by atoms with E-state index in [9.17, 15) is 4.79 Å². The smallest absolute Gasteiger partial charge is 0.272 e. The van der Waals surface area contributed by atoms with E-state index in [0.29, 0.717) is 0 Å². The number of nitrogens with zero attached hydrogens (tertiary/aromatic N) is 4. The van der Waals surface area contributed by atoms with Crippen molar-refractivity contribution >= 4 is 11.6 Å². The average molecular weight is 300 g/mol. The lowest BCUT2D eigenvalue weighted by Gasteiger charge is -2.32. The minimum absolute atomic E-state index is 0.120. The molecule has 2 aromatic rings. The molecular formula is C17H24N4O. The molecule has 0 atom stereocenters. The third-order valence-corrected chi connectivity index (χ3v) is 4.32. The van der Waals surface area contributed by atoms with E-state index in [2.05, 4.69) is 23.9 Å². The van der Waals surface area contributed by atoms with Crippen LogP contribution in [-0.4, -0.2) is 58.3 Å². The maximum absolute atomic E-state index is 13.0. The van der Waals surface area contributed by atoms with Crippen LogP contribution < -0.4 is 0 Å². The number of rotatable bonds is 3. The van der Waals surface area contributed by atoms with Crippen LogP contribution in [0.15, 0.2) is 18.3 Å². The average Bonchev–Trinajstić information content (AvgIpc) is 2.85. The molecule has 5 heteroatoms. The third-order valence-electron chi connectivity index (χ3n) is 4.32. The van der Waals surface area contributed by atoms with E-state index in [1.165, 1.54) is 0 Å². The molecule has 0 unspecified atom stereocenters. The lowest BCUT2D eigenvalue weighted by Crippen LogP contribution is -2.47. The molecule has 5 nitrogen and oxygen atoms in total. The van der Waals surface area contributed by atoms with Gasteiger partial charge in [0.25, 0.3) is 5.91 Å². The fourth-order valence-electron chi connectivity index (χ4n) is 3.00. The lowest BCUT2D eigenvalue weighted by molar-refractivity contribution is 0.0656. The molecule has 3 rings (SSSR count). The number of hydrogen-bond acceptors (Lipinski definition) is 3. The molecule has 0 spiro atoms. The van der Waals surface area contributed by atoms with Crippen LogP contribution in [0.5, 0.6) is 0 Å². The number of carbonyl (C=O) groups is 1. The predicted octanol–water partition coefficient (Wildman–Crippen LogP) is 1.98. The molecule has 22 heavy (non-hydrogen) atoms. The first-order chi connectivity index (χ1) is 10.6. The number of aryl methyl sites for hydroxylation is 2. The summed E-state index contributed by atoms with van der Waals surface area (Å²) in [5.74, 6) is 0.120. The van der Waals surface area contributed by atoms with Crippen molar-refractivity contribution in [3.63, 3.8) is 0 Å². The Labute approximate surface area is 131 Å². The van der Waals surface area contributed by atoms with Gasteiger partial charge >= 0.3 is 0 Å². The monoisotopic (exact) mass is 300 g/mol. The van der Waals surface area contributed by atoms with Gasteiger partial charge in [0.15, 0.2) is 0 Å². The predicted molar refractivity (Wildman–Crippen MR) is 87.3 cm³/mol. The van der Waals surface area contributed by atoms with Crippen LogP contribution in [0.4, 0.5) is 0 Å². The highest BCUT2D eigenvalue weighted by molar-refractivity contribution is 5.95. The van der Waals surface area contributed by atoms with Gasteiger partial charge in [-0.15, -0.1) is 0 Å². The number of hydrogen-bond donors (Lipinski definition) is 0. The molecule has 1 aliphatic heterocycles. The minimum atomic E-state index is 0.120. The van der Waals surface area contributed by atoms with Gasteiger partial charge in [-0.2, -0.15) is 0 Å². The van der Waals surface area contributed by atoms with Crippen molar-refractivity contribution in [2.24, 2.45) is 0 Å². The molecule has 0 N–H and O–H groups in total. The van der Waals surface area contributed by atoms with Crippen LogP contribution in [0.25, 0.3) is 5.65 Å². The van der Waals surface area contributed by atoms with E-state index in [0.717, 1.165) is 61.6 Å². The van der Waals surface area contributed by atoms with Gasteiger partial charge in [0.2, 0.25) is 0 Å². The zero-order valence-corrected chi connectivity index (χ0v) is 13.7. The normalized spacial score (nSPS) is 16.4. The Kier molecular flexibility index (Phi) is 4.16. The molecule has 1 aliphatic rings. The highest BCUT2D eigenvalue weighted by atomic mass is 16.2. The van der Waals surface area contributed by atoms with Crippen LogP contribution in [0.3, 0.4) is 0 Å². The minimum Gasteiger partial charge on any atom is -0.335 e. The van der Waals surface area contributed by atoms with E-state index in [1.54, 1.807) is 0 Å². The summed E-state index contributed by atoms with van der Waals surface area (Å²) in [6, 6.07) is 4.04. The number of imidazole rings is 1. The van der Waals surface area contributed by atoms with Crippen molar-refractivity contribution < 1.29 is 4.79 Å². The molecular weight excluding hydrogens is 276 g/mol. The Hall–Kier alpha value is -1.88. The fraction of sp³-hybridized carbons (Fsp3) is 0.529. The summed E-state index contributed by atoms with van der Waals surface area (Å²) in [6.07, 6.45) is 3.85. The fourth-order valence-corrected chi connectivity index (χ4v) is 3.00. The van der Waals surface area contributed by atoms with Gasteiger partial charge < -0.3 is 9.80 Å². The Morgan fingerprint density at radius 1 is 1.23 bits per heavy atom. The van der Waals surface area contributed by atoms with Gasteiger partial charge in [0.05, 0.1) is 5.69 Å². The summed E-state index contributed by atoms with van der Waals surface area (Å²) in [5.41, 5.74) is 3.69. The van der Waals surface area contributed by atoms with Crippen LogP contribution in [0, 0.1) is 6.92 Å². The third kappa shape index (κ3) is 2.73. The standard InChI is InChI=1S/C17H24N4O/c1-4-5-14-16(17(22)20-10-8-19(3)9-11-20)21-12-13(2)6-7-15(21)18-14/h6-7,12H,4-5,8-11H2,1-3H3. The Morgan fingerprint density at radius 3 is 2.64 bits per heavy atom. The first kappa shape index (κ1) is 15.0. The summed E-state index contributed by atoms with van der Waals surface area (Å²) in [6.45, 7) is 7.62. The van der Waals surface area contributed by atoms with Crippen LogP contribution in [-0.2, 0) is 6.42 Å². The van der Waals surface area contributed by atoms with E-state index in [4.69, 9.17) is 0 Å². The van der Waals surface area contributed by atoms with Crippen molar-refractivity contribution in [3.05, 3.63) is 35.3 Å². The van der Waals surface area contributed by atoms with Gasteiger partial charge in [-0.3, -0.25) is 9.20 Å². The Balaban J connectivity index is 2.01. The van der Waals surface area contributed by atoms with Gasteiger partial charge in [-0.25, -0.2) is 4.98 Å².